The Morgan fingerprint density at radius 3 is 1.31 bits per heavy atom. The van der Waals surface area contributed by atoms with Crippen molar-refractivity contribution < 1.29 is 24.4 Å². The van der Waals surface area contributed by atoms with Crippen molar-refractivity contribution in [2.45, 2.75) is 110 Å². The van der Waals surface area contributed by atoms with Crippen molar-refractivity contribution in [3.05, 3.63) is 0 Å². The van der Waals surface area contributed by atoms with Gasteiger partial charge in [0.25, 0.3) is 0 Å². The van der Waals surface area contributed by atoms with Gasteiger partial charge in [-0.2, -0.15) is 0 Å². The molecule has 0 aromatic carbocycles. The second-order valence-electron chi connectivity index (χ2n) is 7.06. The molecular formula is C21H42O5. The molecule has 0 radical (unpaired) electrons. The third kappa shape index (κ3) is 23.2. The number of carbonyl (C=O) groups is 1. The summed E-state index contributed by atoms with van der Waals surface area (Å²) in [6, 6.07) is 0. The minimum atomic E-state index is -1.16. The lowest BCUT2D eigenvalue weighted by molar-refractivity contribution is -0.295. The zero-order valence-electron chi connectivity index (χ0n) is 17.0. The van der Waals surface area contributed by atoms with Crippen LogP contribution in [-0.4, -0.2) is 31.1 Å². The van der Waals surface area contributed by atoms with E-state index in [9.17, 15) is 4.79 Å². The molecule has 156 valence electrons. The van der Waals surface area contributed by atoms with Crippen LogP contribution in [0, 0.1) is 0 Å². The standard InChI is InChI=1S/C21H42O5/c1-2-3-19-25-26-20-17-15-13-11-9-7-5-4-6-8-10-12-14-16-18-24-21(22)23/h2-20H2,1H3,(H,22,23). The molecule has 0 rings (SSSR count). The normalized spacial score (nSPS) is 11.0. The van der Waals surface area contributed by atoms with E-state index in [0.29, 0.717) is 6.61 Å². The highest BCUT2D eigenvalue weighted by atomic mass is 17.2. The molecule has 0 fully saturated rings. The van der Waals surface area contributed by atoms with E-state index in [4.69, 9.17) is 14.9 Å². The number of ether oxygens (including phenoxy) is 1. The fourth-order valence-electron chi connectivity index (χ4n) is 2.86. The van der Waals surface area contributed by atoms with Gasteiger partial charge in [0, 0.05) is 0 Å². The predicted octanol–water partition coefficient (Wildman–Crippen LogP) is 6.89. The molecule has 0 aliphatic rings. The molecule has 0 bridgehead atoms. The smallest absolute Gasteiger partial charge is 0.450 e. The first-order valence-electron chi connectivity index (χ1n) is 10.9. The number of unbranched alkanes of at least 4 members (excludes halogenated alkanes) is 14. The predicted molar refractivity (Wildman–Crippen MR) is 105 cm³/mol. The zero-order chi connectivity index (χ0) is 19.1. The molecule has 0 aromatic rings. The molecule has 0 saturated carbocycles. The summed E-state index contributed by atoms with van der Waals surface area (Å²) in [6.45, 7) is 3.94. The summed E-state index contributed by atoms with van der Waals surface area (Å²) in [5.41, 5.74) is 0. The number of hydrogen-bond donors (Lipinski definition) is 1. The van der Waals surface area contributed by atoms with Crippen LogP contribution in [0.15, 0.2) is 0 Å². The van der Waals surface area contributed by atoms with Gasteiger partial charge < -0.3 is 9.84 Å². The van der Waals surface area contributed by atoms with Crippen molar-refractivity contribution in [2.24, 2.45) is 0 Å². The van der Waals surface area contributed by atoms with E-state index in [1.54, 1.807) is 0 Å². The van der Waals surface area contributed by atoms with Gasteiger partial charge in [0.15, 0.2) is 0 Å². The van der Waals surface area contributed by atoms with Gasteiger partial charge >= 0.3 is 6.16 Å². The Morgan fingerprint density at radius 2 is 0.923 bits per heavy atom. The summed E-state index contributed by atoms with van der Waals surface area (Å²) in [7, 11) is 0. The van der Waals surface area contributed by atoms with E-state index in [-0.39, 0.29) is 0 Å². The van der Waals surface area contributed by atoms with Crippen LogP contribution < -0.4 is 0 Å². The van der Waals surface area contributed by atoms with Gasteiger partial charge in [0.1, 0.15) is 0 Å². The minimum absolute atomic E-state index is 0.342. The van der Waals surface area contributed by atoms with Crippen LogP contribution in [0.3, 0.4) is 0 Å². The maximum absolute atomic E-state index is 10.2. The van der Waals surface area contributed by atoms with Crippen LogP contribution in [0.2, 0.25) is 0 Å². The van der Waals surface area contributed by atoms with Crippen molar-refractivity contribution in [3.63, 3.8) is 0 Å². The van der Waals surface area contributed by atoms with E-state index >= 15 is 0 Å². The fourth-order valence-corrected chi connectivity index (χ4v) is 2.86. The van der Waals surface area contributed by atoms with Gasteiger partial charge in [-0.3, -0.25) is 0 Å². The van der Waals surface area contributed by atoms with Gasteiger partial charge in [0.05, 0.1) is 19.8 Å². The van der Waals surface area contributed by atoms with Gasteiger partial charge in [-0.05, 0) is 19.3 Å². The Labute approximate surface area is 160 Å². The molecule has 0 heterocycles. The summed E-state index contributed by atoms with van der Waals surface area (Å²) in [6.07, 6.45) is 18.5. The average Bonchev–Trinajstić information content (AvgIpc) is 2.62. The summed E-state index contributed by atoms with van der Waals surface area (Å²) in [5.74, 6) is 0. The van der Waals surface area contributed by atoms with Gasteiger partial charge in [-0.1, -0.05) is 90.4 Å². The van der Waals surface area contributed by atoms with Crippen LogP contribution in [0.25, 0.3) is 0 Å². The van der Waals surface area contributed by atoms with Gasteiger partial charge in [0.2, 0.25) is 0 Å². The average molecular weight is 375 g/mol. The molecule has 5 heteroatoms. The largest absolute Gasteiger partial charge is 0.505 e. The van der Waals surface area contributed by atoms with E-state index < -0.39 is 6.16 Å². The van der Waals surface area contributed by atoms with E-state index in [2.05, 4.69) is 11.7 Å². The second-order valence-corrected chi connectivity index (χ2v) is 7.06. The second kappa shape index (κ2) is 22.2. The van der Waals surface area contributed by atoms with E-state index in [1.807, 2.05) is 0 Å². The first-order chi connectivity index (χ1) is 12.8. The third-order valence-corrected chi connectivity index (χ3v) is 4.51. The van der Waals surface area contributed by atoms with Crippen molar-refractivity contribution in [1.29, 1.82) is 0 Å². The lowest BCUT2D eigenvalue weighted by Crippen LogP contribution is -2.01. The molecule has 0 spiro atoms. The van der Waals surface area contributed by atoms with Crippen LogP contribution >= 0.6 is 0 Å². The molecule has 0 saturated heterocycles. The van der Waals surface area contributed by atoms with Crippen LogP contribution in [0.4, 0.5) is 4.79 Å². The Balaban J connectivity index is 2.98. The first-order valence-corrected chi connectivity index (χ1v) is 10.9. The number of carboxylic acid groups (broad SMARTS) is 1. The molecule has 1 N–H and O–H groups in total. The highest BCUT2D eigenvalue weighted by Gasteiger charge is 1.97. The van der Waals surface area contributed by atoms with E-state index in [1.165, 1.54) is 70.6 Å². The molecular weight excluding hydrogens is 332 g/mol. The molecule has 0 amide bonds. The summed E-state index contributed by atoms with van der Waals surface area (Å²) < 4.78 is 4.48. The third-order valence-electron chi connectivity index (χ3n) is 4.51. The monoisotopic (exact) mass is 374 g/mol. The van der Waals surface area contributed by atoms with Crippen LogP contribution in [-0.2, 0) is 14.5 Å². The SMILES string of the molecule is CCCCOOCCCCCCCCCCCCCCCCOC(=O)O. The molecule has 26 heavy (non-hydrogen) atoms. The minimum Gasteiger partial charge on any atom is -0.450 e. The van der Waals surface area contributed by atoms with Crippen molar-refractivity contribution >= 4 is 6.16 Å². The molecule has 0 unspecified atom stereocenters. The Bertz CT molecular complexity index is 284. The van der Waals surface area contributed by atoms with Crippen LogP contribution in [0.1, 0.15) is 110 Å². The van der Waals surface area contributed by atoms with Crippen LogP contribution in [0.5, 0.6) is 0 Å². The number of rotatable bonds is 21. The van der Waals surface area contributed by atoms with Gasteiger partial charge in [-0.15, -0.1) is 0 Å². The zero-order valence-corrected chi connectivity index (χ0v) is 17.0. The highest BCUT2D eigenvalue weighted by Crippen LogP contribution is 2.13. The molecule has 0 aromatic heterocycles. The molecule has 0 atom stereocenters. The number of hydrogen-bond acceptors (Lipinski definition) is 4. The highest BCUT2D eigenvalue weighted by molar-refractivity contribution is 5.56. The topological polar surface area (TPSA) is 65.0 Å². The van der Waals surface area contributed by atoms with Crippen molar-refractivity contribution in [1.82, 2.24) is 0 Å². The quantitative estimate of drug-likeness (QED) is 0.102. The maximum atomic E-state index is 10.2. The lowest BCUT2D eigenvalue weighted by atomic mass is 10.0. The van der Waals surface area contributed by atoms with E-state index in [0.717, 1.165) is 45.3 Å². The van der Waals surface area contributed by atoms with Gasteiger partial charge in [-0.25, -0.2) is 14.6 Å². The Kier molecular flexibility index (Phi) is 21.5. The van der Waals surface area contributed by atoms with Crippen molar-refractivity contribution in [3.8, 4) is 0 Å². The molecule has 5 nitrogen and oxygen atoms in total. The Morgan fingerprint density at radius 1 is 0.577 bits per heavy atom. The lowest BCUT2D eigenvalue weighted by Gasteiger charge is -2.04. The molecule has 0 aliphatic heterocycles. The van der Waals surface area contributed by atoms with Crippen molar-refractivity contribution in [2.75, 3.05) is 19.8 Å². The first kappa shape index (κ1) is 25.2. The maximum Gasteiger partial charge on any atom is 0.505 e. The summed E-state index contributed by atoms with van der Waals surface area (Å²) >= 11 is 0. The summed E-state index contributed by atoms with van der Waals surface area (Å²) in [5, 5.41) is 8.34. The Hall–Kier alpha value is -0.810. The molecule has 0 aliphatic carbocycles. The fraction of sp³-hybridized carbons (Fsp3) is 0.952. The summed E-state index contributed by atoms with van der Waals surface area (Å²) in [4.78, 5) is 20.4.